The fourth-order valence-electron chi connectivity index (χ4n) is 2.14. The van der Waals surface area contributed by atoms with E-state index in [-0.39, 0.29) is 0 Å². The van der Waals surface area contributed by atoms with Crippen molar-refractivity contribution in [2.24, 2.45) is 7.05 Å². The van der Waals surface area contributed by atoms with Crippen LogP contribution in [0.3, 0.4) is 0 Å². The van der Waals surface area contributed by atoms with E-state index in [1.165, 1.54) is 6.42 Å². The molecule has 1 aliphatic heterocycles. The van der Waals surface area contributed by atoms with Crippen LogP contribution in [0.5, 0.6) is 0 Å². The van der Waals surface area contributed by atoms with E-state index in [9.17, 15) is 0 Å². The maximum Gasteiger partial charge on any atom is 0.173 e. The molecule has 1 saturated heterocycles. The van der Waals surface area contributed by atoms with Crippen LogP contribution in [-0.4, -0.2) is 35.6 Å². The largest absolute Gasteiger partial charge is 0.394 e. The number of hydrogen-bond acceptors (Lipinski definition) is 4. The van der Waals surface area contributed by atoms with E-state index >= 15 is 0 Å². The fourth-order valence-corrected chi connectivity index (χ4v) is 2.14. The predicted octanol–water partition coefficient (Wildman–Crippen LogP) is 1.01. The molecular weight excluding hydrogens is 204 g/mol. The summed E-state index contributed by atoms with van der Waals surface area (Å²) in [5.74, 6) is 0.875. The first-order valence-electron chi connectivity index (χ1n) is 5.86. The van der Waals surface area contributed by atoms with Gasteiger partial charge in [0, 0.05) is 32.9 Å². The van der Waals surface area contributed by atoms with Gasteiger partial charge in [-0.1, -0.05) is 0 Å². The molecule has 5 heteroatoms. The van der Waals surface area contributed by atoms with Crippen LogP contribution in [0.2, 0.25) is 0 Å². The standard InChI is InChI=1S/C11H20N4O/c1-3-15(7-9-5-4-6-16-9)11-10(12)8-14(2)13-11/h8-9H,3-7,12H2,1-2H3. The molecule has 16 heavy (non-hydrogen) atoms. The van der Waals surface area contributed by atoms with Gasteiger partial charge < -0.3 is 15.4 Å². The van der Waals surface area contributed by atoms with E-state index < -0.39 is 0 Å². The van der Waals surface area contributed by atoms with E-state index in [1.807, 2.05) is 13.2 Å². The third-order valence-corrected chi connectivity index (χ3v) is 2.97. The molecular formula is C11H20N4O. The van der Waals surface area contributed by atoms with Gasteiger partial charge in [-0.3, -0.25) is 4.68 Å². The topological polar surface area (TPSA) is 56.3 Å². The van der Waals surface area contributed by atoms with Gasteiger partial charge in [0.1, 0.15) is 0 Å². The highest BCUT2D eigenvalue weighted by Gasteiger charge is 2.21. The van der Waals surface area contributed by atoms with E-state index in [0.717, 1.165) is 37.6 Å². The van der Waals surface area contributed by atoms with Crippen molar-refractivity contribution in [1.29, 1.82) is 0 Å². The van der Waals surface area contributed by atoms with Crippen molar-refractivity contribution < 1.29 is 4.74 Å². The molecule has 0 bridgehead atoms. The number of nitrogens with zero attached hydrogens (tertiary/aromatic N) is 3. The van der Waals surface area contributed by atoms with E-state index in [4.69, 9.17) is 10.5 Å². The first-order valence-corrected chi connectivity index (χ1v) is 5.86. The first kappa shape index (κ1) is 11.3. The van der Waals surface area contributed by atoms with Crippen LogP contribution in [0.4, 0.5) is 11.5 Å². The Balaban J connectivity index is 2.06. The summed E-state index contributed by atoms with van der Waals surface area (Å²) in [5, 5.41) is 4.39. The fraction of sp³-hybridized carbons (Fsp3) is 0.727. The Morgan fingerprint density at radius 2 is 2.50 bits per heavy atom. The number of rotatable bonds is 4. The summed E-state index contributed by atoms with van der Waals surface area (Å²) in [5.41, 5.74) is 6.66. The quantitative estimate of drug-likeness (QED) is 0.829. The summed E-state index contributed by atoms with van der Waals surface area (Å²) in [6.45, 7) is 4.79. The number of likely N-dealkylation sites (N-methyl/N-ethyl adjacent to an activating group) is 1. The lowest BCUT2D eigenvalue weighted by Crippen LogP contribution is -2.32. The van der Waals surface area contributed by atoms with E-state index in [1.54, 1.807) is 4.68 Å². The lowest BCUT2D eigenvalue weighted by molar-refractivity contribution is 0.115. The third-order valence-electron chi connectivity index (χ3n) is 2.97. The molecule has 0 amide bonds. The average molecular weight is 224 g/mol. The van der Waals surface area contributed by atoms with Crippen molar-refractivity contribution in [2.45, 2.75) is 25.9 Å². The van der Waals surface area contributed by atoms with Crippen LogP contribution in [0, 0.1) is 0 Å². The second kappa shape index (κ2) is 4.74. The van der Waals surface area contributed by atoms with Crippen LogP contribution < -0.4 is 10.6 Å². The lowest BCUT2D eigenvalue weighted by atomic mass is 10.2. The number of aromatic nitrogens is 2. The van der Waals surface area contributed by atoms with Crippen molar-refractivity contribution >= 4 is 11.5 Å². The van der Waals surface area contributed by atoms with Crippen LogP contribution in [0.1, 0.15) is 19.8 Å². The minimum Gasteiger partial charge on any atom is -0.394 e. The molecule has 5 nitrogen and oxygen atoms in total. The Bertz CT molecular complexity index is 344. The van der Waals surface area contributed by atoms with Crippen molar-refractivity contribution in [3.05, 3.63) is 6.20 Å². The molecule has 0 radical (unpaired) electrons. The summed E-state index contributed by atoms with van der Waals surface area (Å²) < 4.78 is 7.39. The maximum atomic E-state index is 5.93. The highest BCUT2D eigenvalue weighted by atomic mass is 16.5. The smallest absolute Gasteiger partial charge is 0.173 e. The number of nitrogen functional groups attached to an aromatic ring is 1. The van der Waals surface area contributed by atoms with Crippen LogP contribution in [0.25, 0.3) is 0 Å². The summed E-state index contributed by atoms with van der Waals surface area (Å²) in [6.07, 6.45) is 4.48. The number of aryl methyl sites for hydroxylation is 1. The summed E-state index contributed by atoms with van der Waals surface area (Å²) in [6, 6.07) is 0. The first-order chi connectivity index (χ1) is 7.70. The second-order valence-electron chi connectivity index (χ2n) is 4.26. The average Bonchev–Trinajstić information content (AvgIpc) is 2.85. The van der Waals surface area contributed by atoms with Gasteiger partial charge in [0.2, 0.25) is 0 Å². The van der Waals surface area contributed by atoms with E-state index in [0.29, 0.717) is 6.10 Å². The van der Waals surface area contributed by atoms with Crippen molar-refractivity contribution in [1.82, 2.24) is 9.78 Å². The molecule has 0 aromatic carbocycles. The summed E-state index contributed by atoms with van der Waals surface area (Å²) in [4.78, 5) is 2.19. The SMILES string of the molecule is CCN(CC1CCCO1)c1nn(C)cc1N. The third kappa shape index (κ3) is 2.29. The zero-order valence-corrected chi connectivity index (χ0v) is 10.0. The molecule has 90 valence electrons. The van der Waals surface area contributed by atoms with Gasteiger partial charge >= 0.3 is 0 Å². The minimum atomic E-state index is 0.335. The Hall–Kier alpha value is -1.23. The zero-order valence-electron chi connectivity index (χ0n) is 10.0. The van der Waals surface area contributed by atoms with Crippen molar-refractivity contribution in [3.63, 3.8) is 0 Å². The van der Waals surface area contributed by atoms with Gasteiger partial charge in [-0.25, -0.2) is 0 Å². The normalized spacial score (nSPS) is 20.2. The predicted molar refractivity (Wildman–Crippen MR) is 64.5 cm³/mol. The Morgan fingerprint density at radius 3 is 3.00 bits per heavy atom. The highest BCUT2D eigenvalue weighted by Crippen LogP contribution is 2.22. The second-order valence-corrected chi connectivity index (χ2v) is 4.26. The minimum absolute atomic E-state index is 0.335. The van der Waals surface area contributed by atoms with Crippen LogP contribution in [-0.2, 0) is 11.8 Å². The summed E-state index contributed by atoms with van der Waals surface area (Å²) >= 11 is 0. The number of anilines is 2. The lowest BCUT2D eigenvalue weighted by Gasteiger charge is -2.24. The molecule has 1 aliphatic rings. The zero-order chi connectivity index (χ0) is 11.5. The van der Waals surface area contributed by atoms with Crippen LogP contribution >= 0.6 is 0 Å². The molecule has 2 heterocycles. The number of ether oxygens (including phenoxy) is 1. The van der Waals surface area contributed by atoms with Gasteiger partial charge in [0.25, 0.3) is 0 Å². The van der Waals surface area contributed by atoms with Gasteiger partial charge in [-0.2, -0.15) is 5.10 Å². The van der Waals surface area contributed by atoms with Crippen molar-refractivity contribution in [3.8, 4) is 0 Å². The van der Waals surface area contributed by atoms with E-state index in [2.05, 4.69) is 16.9 Å². The Kier molecular flexibility index (Phi) is 3.33. The molecule has 0 saturated carbocycles. The molecule has 1 aromatic heterocycles. The number of hydrogen-bond donors (Lipinski definition) is 1. The van der Waals surface area contributed by atoms with Gasteiger partial charge in [-0.15, -0.1) is 0 Å². The Labute approximate surface area is 96.2 Å². The Morgan fingerprint density at radius 1 is 1.69 bits per heavy atom. The molecule has 1 unspecified atom stereocenters. The van der Waals surface area contributed by atoms with Gasteiger partial charge in [-0.05, 0) is 19.8 Å². The molecule has 1 atom stereocenters. The van der Waals surface area contributed by atoms with Crippen LogP contribution in [0.15, 0.2) is 6.20 Å². The molecule has 1 aromatic rings. The maximum absolute atomic E-state index is 5.93. The summed E-state index contributed by atoms with van der Waals surface area (Å²) in [7, 11) is 1.89. The molecule has 2 rings (SSSR count). The van der Waals surface area contributed by atoms with Gasteiger partial charge in [0.15, 0.2) is 5.82 Å². The molecule has 1 fully saturated rings. The molecule has 0 spiro atoms. The molecule has 2 N–H and O–H groups in total. The monoisotopic (exact) mass is 224 g/mol. The number of nitrogens with two attached hydrogens (primary N) is 1. The van der Waals surface area contributed by atoms with Gasteiger partial charge in [0.05, 0.1) is 11.8 Å². The van der Waals surface area contributed by atoms with Crippen molar-refractivity contribution in [2.75, 3.05) is 30.3 Å². The molecule has 0 aliphatic carbocycles. The highest BCUT2D eigenvalue weighted by molar-refractivity contribution is 5.61.